The van der Waals surface area contributed by atoms with E-state index in [-0.39, 0.29) is 24.7 Å². The lowest BCUT2D eigenvalue weighted by Crippen LogP contribution is -2.31. The number of carbonyl (C=O) groups excluding carboxylic acids is 4. The molecule has 2 aromatic rings. The van der Waals surface area contributed by atoms with Crippen LogP contribution in [-0.2, 0) is 0 Å². The predicted octanol–water partition coefficient (Wildman–Crippen LogP) is 4.56. The molecule has 8 nitrogen and oxygen atoms in total. The van der Waals surface area contributed by atoms with Crippen LogP contribution in [0.25, 0.3) is 0 Å². The zero-order chi connectivity index (χ0) is 29.6. The first-order chi connectivity index (χ1) is 20.4. The standard InChI is InChI=1S/2C16H17FN2O2/c2*17-14(11-4-3-8-18-9-7-11)10-19-15(20)12-5-1-2-6-13(12)16(19)21/h2*1-2,5-6,18H,3-4,7-10H2/b14-11+;14-11-. The molecule has 0 aromatic heterocycles. The number of halogens is 2. The van der Waals surface area contributed by atoms with Crippen LogP contribution in [0.3, 0.4) is 0 Å². The quantitative estimate of drug-likeness (QED) is 0.518. The van der Waals surface area contributed by atoms with Crippen molar-refractivity contribution in [2.45, 2.75) is 38.5 Å². The second kappa shape index (κ2) is 13.3. The van der Waals surface area contributed by atoms with Gasteiger partial charge in [-0.15, -0.1) is 0 Å². The monoisotopic (exact) mass is 576 g/mol. The van der Waals surface area contributed by atoms with Crippen LogP contribution >= 0.6 is 0 Å². The predicted molar refractivity (Wildman–Crippen MR) is 153 cm³/mol. The molecule has 4 aliphatic heterocycles. The van der Waals surface area contributed by atoms with Crippen LogP contribution in [-0.4, -0.2) is 72.7 Å². The maximum atomic E-state index is 14.4. The van der Waals surface area contributed by atoms with Crippen molar-refractivity contribution in [1.29, 1.82) is 0 Å². The molecule has 6 rings (SSSR count). The Labute approximate surface area is 243 Å². The molecule has 0 unspecified atom stereocenters. The summed E-state index contributed by atoms with van der Waals surface area (Å²) in [5.74, 6) is -2.30. The third kappa shape index (κ3) is 6.24. The molecule has 4 heterocycles. The van der Waals surface area contributed by atoms with E-state index in [1.807, 2.05) is 0 Å². The van der Waals surface area contributed by atoms with E-state index in [2.05, 4.69) is 10.6 Å². The Bertz CT molecular complexity index is 1270. The second-order valence-electron chi connectivity index (χ2n) is 10.7. The minimum Gasteiger partial charge on any atom is -0.316 e. The molecule has 220 valence electrons. The summed E-state index contributed by atoms with van der Waals surface area (Å²) in [5.41, 5.74) is 2.89. The number of hydrogen-bond donors (Lipinski definition) is 2. The Balaban J connectivity index is 0.000000168. The lowest BCUT2D eigenvalue weighted by molar-refractivity contribution is 0.0644. The molecule has 4 aliphatic rings. The van der Waals surface area contributed by atoms with Gasteiger partial charge < -0.3 is 10.6 Å². The summed E-state index contributed by atoms with van der Waals surface area (Å²) in [6.45, 7) is 2.74. The molecule has 2 N–H and O–H groups in total. The largest absolute Gasteiger partial charge is 0.316 e. The molecule has 10 heteroatoms. The van der Waals surface area contributed by atoms with E-state index in [1.165, 1.54) is 0 Å². The van der Waals surface area contributed by atoms with Crippen molar-refractivity contribution >= 4 is 23.6 Å². The zero-order valence-electron chi connectivity index (χ0n) is 23.4. The Kier molecular flexibility index (Phi) is 9.34. The van der Waals surface area contributed by atoms with Crippen LogP contribution < -0.4 is 10.6 Å². The minimum absolute atomic E-state index is 0.248. The Morgan fingerprint density at radius 3 is 1.21 bits per heavy atom. The van der Waals surface area contributed by atoms with Crippen LogP contribution in [0.4, 0.5) is 8.78 Å². The summed E-state index contributed by atoms with van der Waals surface area (Å²) in [5, 5.41) is 6.42. The number of hydrogen-bond acceptors (Lipinski definition) is 6. The minimum atomic E-state index is -0.405. The van der Waals surface area contributed by atoms with Gasteiger partial charge in [0.25, 0.3) is 23.6 Å². The fraction of sp³-hybridized carbons (Fsp3) is 0.375. The Morgan fingerprint density at radius 2 is 0.881 bits per heavy atom. The molecule has 42 heavy (non-hydrogen) atoms. The molecule has 2 aromatic carbocycles. The molecule has 2 fully saturated rings. The molecule has 4 amide bonds. The van der Waals surface area contributed by atoms with Gasteiger partial charge in [0.1, 0.15) is 11.7 Å². The normalized spacial score (nSPS) is 21.3. The van der Waals surface area contributed by atoms with Crippen LogP contribution in [0.2, 0.25) is 0 Å². The zero-order valence-corrected chi connectivity index (χ0v) is 23.4. The average Bonchev–Trinajstić information content (AvgIpc) is 3.29. The molecule has 2 saturated heterocycles. The number of rotatable bonds is 4. The van der Waals surface area contributed by atoms with Gasteiger partial charge >= 0.3 is 0 Å². The first-order valence-corrected chi connectivity index (χ1v) is 14.4. The molecule has 0 aliphatic carbocycles. The van der Waals surface area contributed by atoms with Crippen molar-refractivity contribution in [3.05, 3.63) is 93.6 Å². The maximum Gasteiger partial charge on any atom is 0.261 e. The van der Waals surface area contributed by atoms with Crippen molar-refractivity contribution in [2.75, 3.05) is 39.3 Å². The van der Waals surface area contributed by atoms with E-state index in [9.17, 15) is 28.0 Å². The Morgan fingerprint density at radius 1 is 0.548 bits per heavy atom. The van der Waals surface area contributed by atoms with Gasteiger partial charge in [0.2, 0.25) is 0 Å². The summed E-state index contributed by atoms with van der Waals surface area (Å²) in [7, 11) is 0. The molecule has 0 radical (unpaired) electrons. The van der Waals surface area contributed by atoms with Gasteiger partial charge in [-0.1, -0.05) is 24.3 Å². The maximum absolute atomic E-state index is 14.4. The van der Waals surface area contributed by atoms with Crippen molar-refractivity contribution in [1.82, 2.24) is 20.4 Å². The number of nitrogens with one attached hydrogen (secondary N) is 2. The molecular weight excluding hydrogens is 542 g/mol. The summed E-state index contributed by atoms with van der Waals surface area (Å²) in [6.07, 6.45) is 4.39. The number of fused-ring (bicyclic) bond motifs is 2. The van der Waals surface area contributed by atoms with Gasteiger partial charge in [-0.05, 0) is 100 Å². The molecule has 0 bridgehead atoms. The van der Waals surface area contributed by atoms with Gasteiger partial charge in [0, 0.05) is 0 Å². The van der Waals surface area contributed by atoms with Crippen molar-refractivity contribution < 1.29 is 28.0 Å². The van der Waals surface area contributed by atoms with Gasteiger partial charge in [0.15, 0.2) is 0 Å². The van der Waals surface area contributed by atoms with Crippen molar-refractivity contribution in [3.63, 3.8) is 0 Å². The number of imide groups is 2. The molecule has 0 spiro atoms. The highest BCUT2D eigenvalue weighted by Gasteiger charge is 2.37. The van der Waals surface area contributed by atoms with Crippen LogP contribution in [0.15, 0.2) is 71.3 Å². The van der Waals surface area contributed by atoms with E-state index in [0.717, 1.165) is 60.0 Å². The number of carbonyl (C=O) groups is 4. The van der Waals surface area contributed by atoms with E-state index >= 15 is 0 Å². The highest BCUT2D eigenvalue weighted by Crippen LogP contribution is 2.27. The smallest absolute Gasteiger partial charge is 0.261 e. The second-order valence-corrected chi connectivity index (χ2v) is 10.7. The van der Waals surface area contributed by atoms with Gasteiger partial charge in [-0.25, -0.2) is 8.78 Å². The van der Waals surface area contributed by atoms with Gasteiger partial charge in [-0.3, -0.25) is 29.0 Å². The lowest BCUT2D eigenvalue weighted by Gasteiger charge is -2.14. The van der Waals surface area contributed by atoms with E-state index in [1.54, 1.807) is 48.5 Å². The fourth-order valence-electron chi connectivity index (χ4n) is 5.64. The average molecular weight is 577 g/mol. The molecule has 0 saturated carbocycles. The summed E-state index contributed by atoms with van der Waals surface area (Å²) < 4.78 is 28.8. The fourth-order valence-corrected chi connectivity index (χ4v) is 5.64. The van der Waals surface area contributed by atoms with E-state index < -0.39 is 23.6 Å². The first kappa shape index (κ1) is 29.5. The van der Waals surface area contributed by atoms with E-state index in [4.69, 9.17) is 0 Å². The van der Waals surface area contributed by atoms with E-state index in [0.29, 0.717) is 47.9 Å². The molecule has 0 atom stereocenters. The third-order valence-corrected chi connectivity index (χ3v) is 7.99. The Hall–Kier alpha value is -4.02. The van der Waals surface area contributed by atoms with Crippen LogP contribution in [0.5, 0.6) is 0 Å². The van der Waals surface area contributed by atoms with Crippen LogP contribution in [0, 0.1) is 0 Å². The first-order valence-electron chi connectivity index (χ1n) is 14.4. The number of nitrogens with zero attached hydrogens (tertiary/aromatic N) is 2. The summed E-state index contributed by atoms with van der Waals surface area (Å²) >= 11 is 0. The topological polar surface area (TPSA) is 98.8 Å². The van der Waals surface area contributed by atoms with Gasteiger partial charge in [-0.2, -0.15) is 0 Å². The summed E-state index contributed by atoms with van der Waals surface area (Å²) in [4.78, 5) is 50.8. The molecular formula is C32H34F2N4O4. The highest BCUT2D eigenvalue weighted by molar-refractivity contribution is 6.22. The highest BCUT2D eigenvalue weighted by atomic mass is 19.1. The van der Waals surface area contributed by atoms with Crippen molar-refractivity contribution in [2.24, 2.45) is 0 Å². The lowest BCUT2D eigenvalue weighted by atomic mass is 10.1. The van der Waals surface area contributed by atoms with Crippen LogP contribution in [0.1, 0.15) is 80.0 Å². The van der Waals surface area contributed by atoms with Gasteiger partial charge in [0.05, 0.1) is 35.3 Å². The number of amides is 4. The van der Waals surface area contributed by atoms with Crippen molar-refractivity contribution in [3.8, 4) is 0 Å². The SMILES string of the molecule is O=C1c2ccccc2C(=O)N1C/C(F)=C1/CCCNCC1.O=C1c2ccccc2C(=O)N1C/C(F)=C1\CCCNCC1. The number of benzene rings is 2. The third-order valence-electron chi connectivity index (χ3n) is 7.99. The summed E-state index contributed by atoms with van der Waals surface area (Å²) in [6, 6.07) is 13.3.